The molecule has 0 saturated carbocycles. The highest BCUT2D eigenvalue weighted by Gasteiger charge is 2.18. The molecule has 3 heterocycles. The average molecular weight is 439 g/mol. The number of imidazole rings is 1. The minimum absolute atomic E-state index is 0.0375. The predicted octanol–water partition coefficient (Wildman–Crippen LogP) is 5.69. The molecule has 0 saturated heterocycles. The maximum absolute atomic E-state index is 13.6. The van der Waals surface area contributed by atoms with Crippen LogP contribution in [-0.4, -0.2) is 26.3 Å². The van der Waals surface area contributed by atoms with Crippen LogP contribution in [0.5, 0.6) is 5.75 Å². The summed E-state index contributed by atoms with van der Waals surface area (Å²) in [5.74, 6) is -0.318. The van der Waals surface area contributed by atoms with Crippen LogP contribution in [0.4, 0.5) is 13.2 Å². The summed E-state index contributed by atoms with van der Waals surface area (Å²) >= 11 is 0. The van der Waals surface area contributed by atoms with E-state index in [1.165, 1.54) is 30.3 Å². The summed E-state index contributed by atoms with van der Waals surface area (Å²) in [5.41, 5.74) is 1.82. The molecule has 0 spiro atoms. The van der Waals surface area contributed by atoms with Crippen molar-refractivity contribution in [2.45, 2.75) is 32.8 Å². The van der Waals surface area contributed by atoms with Crippen LogP contribution in [0.2, 0.25) is 0 Å². The third kappa shape index (κ3) is 4.64. The molecular formula is C24H20F3N3O2. The average Bonchev–Trinajstić information content (AvgIpc) is 3.16. The molecule has 0 aliphatic carbocycles. The van der Waals surface area contributed by atoms with Crippen molar-refractivity contribution in [1.82, 2.24) is 14.4 Å². The SMILES string of the molecule is CC(C)Oc1cc2nc(-c3cccc(F)c3)cn2cc1CC(=O)c1cccc(C(F)F)n1. The first kappa shape index (κ1) is 21.5. The quantitative estimate of drug-likeness (QED) is 0.348. The van der Waals surface area contributed by atoms with Gasteiger partial charge in [-0.15, -0.1) is 0 Å². The van der Waals surface area contributed by atoms with Crippen LogP contribution < -0.4 is 4.74 Å². The second-order valence-electron chi connectivity index (χ2n) is 7.58. The molecule has 0 bridgehead atoms. The van der Waals surface area contributed by atoms with Crippen LogP contribution >= 0.6 is 0 Å². The first-order valence-electron chi connectivity index (χ1n) is 10.0. The molecule has 0 radical (unpaired) electrons. The number of pyridine rings is 2. The fourth-order valence-electron chi connectivity index (χ4n) is 3.33. The van der Waals surface area contributed by atoms with Gasteiger partial charge in [-0.05, 0) is 38.1 Å². The van der Waals surface area contributed by atoms with Crippen LogP contribution in [0, 0.1) is 5.82 Å². The Kier molecular flexibility index (Phi) is 5.94. The van der Waals surface area contributed by atoms with Gasteiger partial charge in [0.25, 0.3) is 6.43 Å². The molecule has 3 aromatic heterocycles. The molecular weight excluding hydrogens is 419 g/mol. The lowest BCUT2D eigenvalue weighted by atomic mass is 10.1. The number of nitrogens with zero attached hydrogens (tertiary/aromatic N) is 3. The van der Waals surface area contributed by atoms with Gasteiger partial charge in [0.05, 0.1) is 11.8 Å². The number of hydrogen-bond donors (Lipinski definition) is 0. The van der Waals surface area contributed by atoms with Gasteiger partial charge in [-0.2, -0.15) is 0 Å². The van der Waals surface area contributed by atoms with Crippen LogP contribution in [0.25, 0.3) is 16.9 Å². The Morgan fingerprint density at radius 1 is 1.06 bits per heavy atom. The van der Waals surface area contributed by atoms with Crippen molar-refractivity contribution in [3.8, 4) is 17.0 Å². The molecule has 8 heteroatoms. The van der Waals surface area contributed by atoms with Crippen molar-refractivity contribution in [2.24, 2.45) is 0 Å². The van der Waals surface area contributed by atoms with Crippen molar-refractivity contribution in [3.05, 3.63) is 83.7 Å². The molecule has 0 atom stereocenters. The second kappa shape index (κ2) is 8.82. The Morgan fingerprint density at radius 3 is 2.56 bits per heavy atom. The van der Waals surface area contributed by atoms with Crippen molar-refractivity contribution in [1.29, 1.82) is 0 Å². The molecule has 0 aliphatic heterocycles. The first-order valence-corrected chi connectivity index (χ1v) is 10.0. The van der Waals surface area contributed by atoms with Crippen LogP contribution in [0.3, 0.4) is 0 Å². The van der Waals surface area contributed by atoms with E-state index in [-0.39, 0.29) is 24.0 Å². The normalized spacial score (nSPS) is 11.5. The third-order valence-corrected chi connectivity index (χ3v) is 4.75. The van der Waals surface area contributed by atoms with E-state index in [0.29, 0.717) is 28.2 Å². The molecule has 0 N–H and O–H groups in total. The van der Waals surface area contributed by atoms with Crippen molar-refractivity contribution in [3.63, 3.8) is 0 Å². The highest BCUT2D eigenvalue weighted by Crippen LogP contribution is 2.27. The summed E-state index contributed by atoms with van der Waals surface area (Å²) in [6.07, 6.45) is 0.422. The van der Waals surface area contributed by atoms with Gasteiger partial charge in [0, 0.05) is 36.0 Å². The Morgan fingerprint density at radius 2 is 1.84 bits per heavy atom. The zero-order chi connectivity index (χ0) is 22.8. The second-order valence-corrected chi connectivity index (χ2v) is 7.58. The third-order valence-electron chi connectivity index (χ3n) is 4.75. The Hall–Kier alpha value is -3.68. The van der Waals surface area contributed by atoms with E-state index in [1.807, 2.05) is 13.8 Å². The minimum atomic E-state index is -2.76. The molecule has 32 heavy (non-hydrogen) atoms. The van der Waals surface area contributed by atoms with Gasteiger partial charge in [-0.3, -0.25) is 4.79 Å². The maximum atomic E-state index is 13.6. The number of carbonyl (C=O) groups excluding carboxylic acids is 1. The number of fused-ring (bicyclic) bond motifs is 1. The molecule has 0 amide bonds. The van der Waals surface area contributed by atoms with E-state index in [0.717, 1.165) is 0 Å². The van der Waals surface area contributed by atoms with Crippen LogP contribution in [-0.2, 0) is 6.42 Å². The van der Waals surface area contributed by atoms with Gasteiger partial charge in [-0.25, -0.2) is 23.1 Å². The lowest BCUT2D eigenvalue weighted by molar-refractivity contribution is 0.0984. The number of halogens is 3. The van der Waals surface area contributed by atoms with E-state index in [1.54, 1.807) is 35.0 Å². The zero-order valence-electron chi connectivity index (χ0n) is 17.4. The highest BCUT2D eigenvalue weighted by atomic mass is 19.3. The highest BCUT2D eigenvalue weighted by molar-refractivity contribution is 5.96. The molecule has 0 aliphatic rings. The number of alkyl halides is 2. The number of hydrogen-bond acceptors (Lipinski definition) is 4. The number of Topliss-reactive ketones (excluding diaryl/α,β-unsaturated/α-hetero) is 1. The van der Waals surface area contributed by atoms with E-state index < -0.39 is 17.9 Å². The summed E-state index contributed by atoms with van der Waals surface area (Å²) in [6.45, 7) is 3.71. The molecule has 4 rings (SSSR count). The molecule has 5 nitrogen and oxygen atoms in total. The lowest BCUT2D eigenvalue weighted by Gasteiger charge is -2.14. The summed E-state index contributed by atoms with van der Waals surface area (Å²) < 4.78 is 47.1. The molecule has 0 fully saturated rings. The Labute approximate surface area is 182 Å². The molecule has 0 unspecified atom stereocenters. The van der Waals surface area contributed by atoms with Crippen LogP contribution in [0.1, 0.15) is 42.0 Å². The Balaban J connectivity index is 1.72. The lowest BCUT2D eigenvalue weighted by Crippen LogP contribution is -2.12. The van der Waals surface area contributed by atoms with Gasteiger partial charge in [0.1, 0.15) is 28.6 Å². The monoisotopic (exact) mass is 439 g/mol. The number of rotatable bonds is 7. The van der Waals surface area contributed by atoms with Crippen LogP contribution in [0.15, 0.2) is 60.9 Å². The minimum Gasteiger partial charge on any atom is -0.491 e. The van der Waals surface area contributed by atoms with Gasteiger partial charge in [0.15, 0.2) is 5.78 Å². The summed E-state index contributed by atoms with van der Waals surface area (Å²) in [4.78, 5) is 21.1. The van der Waals surface area contributed by atoms with E-state index in [9.17, 15) is 18.0 Å². The first-order chi connectivity index (χ1) is 15.3. The topological polar surface area (TPSA) is 56.5 Å². The predicted molar refractivity (Wildman–Crippen MR) is 114 cm³/mol. The van der Waals surface area contributed by atoms with Gasteiger partial charge in [0.2, 0.25) is 0 Å². The number of aromatic nitrogens is 3. The molecule has 1 aromatic carbocycles. The number of benzene rings is 1. The molecule has 164 valence electrons. The van der Waals surface area contributed by atoms with Crippen molar-refractivity contribution in [2.75, 3.05) is 0 Å². The Bertz CT molecular complexity index is 1280. The van der Waals surface area contributed by atoms with Crippen molar-refractivity contribution < 1.29 is 22.7 Å². The summed E-state index contributed by atoms with van der Waals surface area (Å²) in [6, 6.07) is 11.8. The zero-order valence-corrected chi connectivity index (χ0v) is 17.4. The standard InChI is InChI=1S/C24H20F3N3O2/c1-14(2)32-22-11-23-29-20(15-5-3-6-17(25)9-15)13-30(23)12-16(22)10-21(31)18-7-4-8-19(28-18)24(26)27/h3-9,11-14,24H,10H2,1-2H3. The number of ether oxygens (including phenoxy) is 1. The summed E-state index contributed by atoms with van der Waals surface area (Å²) in [5, 5.41) is 0. The molecule has 4 aromatic rings. The van der Waals surface area contributed by atoms with Gasteiger partial charge >= 0.3 is 0 Å². The van der Waals surface area contributed by atoms with E-state index in [2.05, 4.69) is 9.97 Å². The number of carbonyl (C=O) groups is 1. The van der Waals surface area contributed by atoms with Crippen molar-refractivity contribution >= 4 is 11.4 Å². The maximum Gasteiger partial charge on any atom is 0.280 e. The number of ketones is 1. The largest absolute Gasteiger partial charge is 0.491 e. The van der Waals surface area contributed by atoms with E-state index in [4.69, 9.17) is 4.74 Å². The smallest absolute Gasteiger partial charge is 0.280 e. The van der Waals surface area contributed by atoms with E-state index >= 15 is 0 Å². The summed E-state index contributed by atoms with van der Waals surface area (Å²) in [7, 11) is 0. The fourth-order valence-corrected chi connectivity index (χ4v) is 3.33. The fraction of sp³-hybridized carbons (Fsp3) is 0.208. The van der Waals surface area contributed by atoms with Gasteiger partial charge < -0.3 is 9.14 Å². The van der Waals surface area contributed by atoms with Gasteiger partial charge in [-0.1, -0.05) is 18.2 Å².